The molecule has 0 radical (unpaired) electrons. The summed E-state index contributed by atoms with van der Waals surface area (Å²) in [6.45, 7) is 9.35. The average Bonchev–Trinajstić information content (AvgIpc) is 2.67. The third-order valence-corrected chi connectivity index (χ3v) is 4.94. The first-order valence-corrected chi connectivity index (χ1v) is 10.3. The molecule has 2 unspecified atom stereocenters. The van der Waals surface area contributed by atoms with E-state index in [1.54, 1.807) is 6.08 Å². The van der Waals surface area contributed by atoms with Gasteiger partial charge in [0, 0.05) is 6.04 Å². The Kier molecular flexibility index (Phi) is 8.38. The fourth-order valence-corrected chi connectivity index (χ4v) is 3.35. The van der Waals surface area contributed by atoms with Crippen molar-refractivity contribution in [1.29, 1.82) is 5.26 Å². The molecule has 1 aliphatic rings. The second-order valence-electron chi connectivity index (χ2n) is 7.86. The van der Waals surface area contributed by atoms with Crippen molar-refractivity contribution in [2.75, 3.05) is 13.2 Å². The number of nitrogens with zero attached hydrogens (tertiary/aromatic N) is 1. The molecule has 0 bridgehead atoms. The number of rotatable bonds is 8. The molecule has 1 saturated carbocycles. The monoisotopic (exact) mass is 384 g/mol. The minimum Gasteiger partial charge on any atom is -0.490 e. The highest BCUT2D eigenvalue weighted by Gasteiger charge is 2.24. The summed E-state index contributed by atoms with van der Waals surface area (Å²) in [5, 5.41) is 12.5. The van der Waals surface area contributed by atoms with E-state index in [4.69, 9.17) is 9.47 Å². The zero-order valence-corrected chi connectivity index (χ0v) is 17.5. The predicted molar refractivity (Wildman–Crippen MR) is 111 cm³/mol. The maximum Gasteiger partial charge on any atom is 0.262 e. The van der Waals surface area contributed by atoms with Gasteiger partial charge in [0.25, 0.3) is 5.91 Å². The summed E-state index contributed by atoms with van der Waals surface area (Å²) < 4.78 is 11.5. The largest absolute Gasteiger partial charge is 0.490 e. The molecule has 1 aliphatic carbocycles. The van der Waals surface area contributed by atoms with Crippen LogP contribution in [0.1, 0.15) is 58.9 Å². The van der Waals surface area contributed by atoms with E-state index in [1.165, 1.54) is 6.42 Å². The van der Waals surface area contributed by atoms with Crippen molar-refractivity contribution in [3.63, 3.8) is 0 Å². The van der Waals surface area contributed by atoms with E-state index >= 15 is 0 Å². The van der Waals surface area contributed by atoms with E-state index < -0.39 is 0 Å². The van der Waals surface area contributed by atoms with Gasteiger partial charge >= 0.3 is 0 Å². The van der Waals surface area contributed by atoms with Crippen molar-refractivity contribution < 1.29 is 14.3 Å². The molecule has 0 saturated heterocycles. The van der Waals surface area contributed by atoms with Gasteiger partial charge in [-0.25, -0.2) is 0 Å². The van der Waals surface area contributed by atoms with E-state index in [0.717, 1.165) is 24.8 Å². The molecule has 0 aromatic heterocycles. The Balaban J connectivity index is 2.16. The molecular weight excluding hydrogens is 352 g/mol. The highest BCUT2D eigenvalue weighted by atomic mass is 16.5. The quantitative estimate of drug-likeness (QED) is 0.520. The molecule has 5 heteroatoms. The third-order valence-electron chi connectivity index (χ3n) is 4.94. The molecule has 0 heterocycles. The van der Waals surface area contributed by atoms with Gasteiger partial charge in [-0.3, -0.25) is 4.79 Å². The van der Waals surface area contributed by atoms with Gasteiger partial charge in [0.2, 0.25) is 0 Å². The van der Waals surface area contributed by atoms with Crippen LogP contribution in [0.15, 0.2) is 23.8 Å². The molecule has 1 N–H and O–H groups in total. The number of ether oxygens (including phenoxy) is 2. The van der Waals surface area contributed by atoms with Crippen molar-refractivity contribution >= 4 is 12.0 Å². The molecule has 1 aromatic carbocycles. The van der Waals surface area contributed by atoms with Crippen LogP contribution >= 0.6 is 0 Å². The van der Waals surface area contributed by atoms with E-state index in [9.17, 15) is 10.1 Å². The van der Waals surface area contributed by atoms with Gasteiger partial charge in [-0.05, 0) is 55.4 Å². The topological polar surface area (TPSA) is 71.3 Å². The third kappa shape index (κ3) is 6.30. The van der Waals surface area contributed by atoms with Crippen molar-refractivity contribution in [2.45, 2.75) is 59.4 Å². The second kappa shape index (κ2) is 10.8. The summed E-state index contributed by atoms with van der Waals surface area (Å²) in [6.07, 6.45) is 6.03. The van der Waals surface area contributed by atoms with Gasteiger partial charge in [-0.1, -0.05) is 39.7 Å². The number of nitrogens with one attached hydrogen (secondary N) is 1. The number of hydrogen-bond donors (Lipinski definition) is 1. The predicted octanol–water partition coefficient (Wildman–Crippen LogP) is 4.72. The SMILES string of the molecule is CCOc1cc(/C=C(\C#N)C(=O)NC2CCCCC2C)ccc1OCC(C)C. The minimum atomic E-state index is -0.306. The van der Waals surface area contributed by atoms with Crippen LogP contribution in [0, 0.1) is 23.2 Å². The van der Waals surface area contributed by atoms with Crippen LogP contribution in [0.25, 0.3) is 6.08 Å². The fraction of sp³-hybridized carbons (Fsp3) is 0.565. The number of amides is 1. The Morgan fingerprint density at radius 1 is 1.29 bits per heavy atom. The zero-order chi connectivity index (χ0) is 20.5. The minimum absolute atomic E-state index is 0.107. The van der Waals surface area contributed by atoms with E-state index in [0.29, 0.717) is 36.5 Å². The molecular formula is C23H32N2O3. The Bertz CT molecular complexity index is 734. The lowest BCUT2D eigenvalue weighted by Crippen LogP contribution is -2.41. The van der Waals surface area contributed by atoms with Crippen molar-refractivity contribution in [1.82, 2.24) is 5.32 Å². The Morgan fingerprint density at radius 3 is 2.68 bits per heavy atom. The van der Waals surface area contributed by atoms with Crippen LogP contribution in [0.4, 0.5) is 0 Å². The number of hydrogen-bond acceptors (Lipinski definition) is 4. The number of carbonyl (C=O) groups excluding carboxylic acids is 1. The first-order chi connectivity index (χ1) is 13.4. The molecule has 0 spiro atoms. The van der Waals surface area contributed by atoms with Crippen LogP contribution in [0.5, 0.6) is 11.5 Å². The van der Waals surface area contributed by atoms with E-state index in [-0.39, 0.29) is 17.5 Å². The Hall–Kier alpha value is -2.48. The van der Waals surface area contributed by atoms with Gasteiger partial charge in [0.05, 0.1) is 13.2 Å². The van der Waals surface area contributed by atoms with Crippen LogP contribution in [0.2, 0.25) is 0 Å². The highest BCUT2D eigenvalue weighted by molar-refractivity contribution is 6.01. The smallest absolute Gasteiger partial charge is 0.262 e. The molecule has 1 amide bonds. The van der Waals surface area contributed by atoms with Gasteiger partial charge in [0.1, 0.15) is 11.6 Å². The lowest BCUT2D eigenvalue weighted by molar-refractivity contribution is -0.118. The highest BCUT2D eigenvalue weighted by Crippen LogP contribution is 2.30. The molecule has 2 rings (SSSR count). The summed E-state index contributed by atoms with van der Waals surface area (Å²) in [7, 11) is 0. The molecule has 0 aliphatic heterocycles. The summed E-state index contributed by atoms with van der Waals surface area (Å²) in [5.74, 6) is 1.84. The molecule has 1 aromatic rings. The standard InChI is InChI=1S/C23H32N2O3/c1-5-27-22-13-18(10-11-21(22)28-15-16(2)3)12-19(14-24)23(26)25-20-9-7-6-8-17(20)4/h10-13,16-17,20H,5-9,15H2,1-4H3,(H,25,26)/b19-12+. The van der Waals surface area contributed by atoms with Crippen LogP contribution < -0.4 is 14.8 Å². The lowest BCUT2D eigenvalue weighted by Gasteiger charge is -2.29. The first kappa shape index (κ1) is 21.8. The van der Waals surface area contributed by atoms with Crippen molar-refractivity contribution in [3.8, 4) is 17.6 Å². The average molecular weight is 385 g/mol. The van der Waals surface area contributed by atoms with Gasteiger partial charge in [-0.15, -0.1) is 0 Å². The van der Waals surface area contributed by atoms with Crippen LogP contribution in [-0.2, 0) is 4.79 Å². The normalized spacial score (nSPS) is 19.8. The molecule has 5 nitrogen and oxygen atoms in total. The Morgan fingerprint density at radius 2 is 2.04 bits per heavy atom. The molecule has 152 valence electrons. The summed E-state index contributed by atoms with van der Waals surface area (Å²) in [5.41, 5.74) is 0.847. The maximum absolute atomic E-state index is 12.6. The van der Waals surface area contributed by atoms with Gasteiger partial charge in [-0.2, -0.15) is 5.26 Å². The number of benzene rings is 1. The lowest BCUT2D eigenvalue weighted by atomic mass is 9.86. The maximum atomic E-state index is 12.6. The van der Waals surface area contributed by atoms with Gasteiger partial charge < -0.3 is 14.8 Å². The molecule has 2 atom stereocenters. The fourth-order valence-electron chi connectivity index (χ4n) is 3.35. The van der Waals surface area contributed by atoms with Crippen LogP contribution in [0.3, 0.4) is 0 Å². The summed E-state index contributed by atoms with van der Waals surface area (Å²) in [4.78, 5) is 12.6. The van der Waals surface area contributed by atoms with E-state index in [1.807, 2.05) is 31.2 Å². The summed E-state index contributed by atoms with van der Waals surface area (Å²) in [6, 6.07) is 7.66. The number of carbonyl (C=O) groups is 1. The first-order valence-electron chi connectivity index (χ1n) is 10.3. The Labute approximate surface area is 168 Å². The van der Waals surface area contributed by atoms with Crippen LogP contribution in [-0.4, -0.2) is 25.2 Å². The number of nitriles is 1. The second-order valence-corrected chi connectivity index (χ2v) is 7.86. The summed E-state index contributed by atoms with van der Waals surface area (Å²) >= 11 is 0. The van der Waals surface area contributed by atoms with Crippen molar-refractivity contribution in [2.24, 2.45) is 11.8 Å². The zero-order valence-electron chi connectivity index (χ0n) is 17.5. The molecule has 1 fully saturated rings. The molecule has 28 heavy (non-hydrogen) atoms. The van der Waals surface area contributed by atoms with Crippen molar-refractivity contribution in [3.05, 3.63) is 29.3 Å². The van der Waals surface area contributed by atoms with Gasteiger partial charge in [0.15, 0.2) is 11.5 Å². The van der Waals surface area contributed by atoms with E-state index in [2.05, 4.69) is 26.1 Å².